The third-order valence-corrected chi connectivity index (χ3v) is 6.59. The highest BCUT2D eigenvalue weighted by Crippen LogP contribution is 2.37. The van der Waals surface area contributed by atoms with Crippen molar-refractivity contribution in [2.24, 2.45) is 4.99 Å². The van der Waals surface area contributed by atoms with Gasteiger partial charge in [0.25, 0.3) is 0 Å². The summed E-state index contributed by atoms with van der Waals surface area (Å²) in [6.45, 7) is 0. The summed E-state index contributed by atoms with van der Waals surface area (Å²) in [5, 5.41) is 0. The van der Waals surface area contributed by atoms with E-state index in [4.69, 9.17) is 4.99 Å². The minimum Gasteiger partial charge on any atom is -0.323 e. The highest BCUT2D eigenvalue weighted by molar-refractivity contribution is 6.06. The Morgan fingerprint density at radius 1 is 0.667 bits per heavy atom. The number of amidine groups is 1. The van der Waals surface area contributed by atoms with Gasteiger partial charge in [-0.2, -0.15) is 0 Å². The second kappa shape index (κ2) is 9.51. The van der Waals surface area contributed by atoms with Gasteiger partial charge in [-0.05, 0) is 66.2 Å². The van der Waals surface area contributed by atoms with Gasteiger partial charge in [0.05, 0.1) is 6.04 Å². The van der Waals surface area contributed by atoms with Gasteiger partial charge in [0.2, 0.25) is 0 Å². The van der Waals surface area contributed by atoms with Crippen molar-refractivity contribution >= 4 is 28.7 Å². The number of carbonyl (C=O) groups is 1. The van der Waals surface area contributed by atoms with E-state index >= 15 is 0 Å². The summed E-state index contributed by atoms with van der Waals surface area (Å²) < 4.78 is 0. The molecular formula is C32H25N3O. The second-order valence-corrected chi connectivity index (χ2v) is 8.81. The van der Waals surface area contributed by atoms with Gasteiger partial charge in [0, 0.05) is 28.8 Å². The van der Waals surface area contributed by atoms with Crippen LogP contribution >= 0.6 is 0 Å². The Bertz CT molecular complexity index is 1400. The molecule has 2 atom stereocenters. The number of para-hydroxylation sites is 2. The molecule has 0 radical (unpaired) electrons. The monoisotopic (exact) mass is 467 g/mol. The van der Waals surface area contributed by atoms with Crippen molar-refractivity contribution < 1.29 is 4.79 Å². The average Bonchev–Trinajstić information content (AvgIpc) is 3.35. The molecule has 4 heteroatoms. The van der Waals surface area contributed by atoms with E-state index in [9.17, 15) is 4.79 Å². The molecule has 174 valence electrons. The Balaban J connectivity index is 1.34. The van der Waals surface area contributed by atoms with E-state index < -0.39 is 6.04 Å². The van der Waals surface area contributed by atoms with Crippen molar-refractivity contribution in [3.63, 3.8) is 0 Å². The van der Waals surface area contributed by atoms with Crippen LogP contribution in [0.4, 0.5) is 17.1 Å². The molecule has 2 unspecified atom stereocenters. The summed E-state index contributed by atoms with van der Waals surface area (Å²) in [5.74, 6) is 0.839. The summed E-state index contributed by atoms with van der Waals surface area (Å²) in [6.07, 6.45) is 7.91. The average molecular weight is 468 g/mol. The number of ketones is 1. The van der Waals surface area contributed by atoms with Gasteiger partial charge >= 0.3 is 0 Å². The number of nitrogens with zero attached hydrogens (tertiary/aromatic N) is 3. The number of benzene rings is 4. The zero-order chi connectivity index (χ0) is 24.3. The van der Waals surface area contributed by atoms with Crippen LogP contribution in [0.1, 0.15) is 22.0 Å². The lowest BCUT2D eigenvalue weighted by Crippen LogP contribution is -2.32. The molecular weight excluding hydrogens is 442 g/mol. The molecule has 0 amide bonds. The molecule has 0 saturated carbocycles. The molecule has 0 N–H and O–H groups in total. The van der Waals surface area contributed by atoms with Crippen molar-refractivity contribution in [2.45, 2.75) is 12.1 Å². The Morgan fingerprint density at radius 2 is 1.22 bits per heavy atom. The third kappa shape index (κ3) is 4.03. The minimum atomic E-state index is -0.514. The molecule has 0 aliphatic carbocycles. The molecule has 0 spiro atoms. The molecule has 0 fully saturated rings. The van der Waals surface area contributed by atoms with Crippen LogP contribution in [0.5, 0.6) is 0 Å². The van der Waals surface area contributed by atoms with Gasteiger partial charge in [0.1, 0.15) is 11.9 Å². The van der Waals surface area contributed by atoms with Crippen LogP contribution in [0, 0.1) is 0 Å². The first-order valence-corrected chi connectivity index (χ1v) is 12.1. The van der Waals surface area contributed by atoms with Crippen LogP contribution < -0.4 is 4.90 Å². The predicted molar refractivity (Wildman–Crippen MR) is 146 cm³/mol. The number of anilines is 3. The topological polar surface area (TPSA) is 35.9 Å². The van der Waals surface area contributed by atoms with Gasteiger partial charge in [-0.1, -0.05) is 72.8 Å². The van der Waals surface area contributed by atoms with Crippen LogP contribution in [-0.4, -0.2) is 22.6 Å². The Hall–Kier alpha value is -4.70. The summed E-state index contributed by atoms with van der Waals surface area (Å²) in [5.41, 5.74) is 4.84. The van der Waals surface area contributed by atoms with Crippen molar-refractivity contribution in [3.8, 4) is 0 Å². The molecule has 2 aliphatic heterocycles. The van der Waals surface area contributed by atoms with Gasteiger partial charge in [-0.25, -0.2) is 0 Å². The van der Waals surface area contributed by atoms with Crippen molar-refractivity contribution in [1.82, 2.24) is 4.90 Å². The second-order valence-electron chi connectivity index (χ2n) is 8.81. The van der Waals surface area contributed by atoms with Gasteiger partial charge < -0.3 is 9.80 Å². The maximum Gasteiger partial charge on any atom is 0.189 e. The maximum atomic E-state index is 13.8. The molecule has 4 nitrogen and oxygen atoms in total. The van der Waals surface area contributed by atoms with Gasteiger partial charge in [0.15, 0.2) is 5.78 Å². The van der Waals surface area contributed by atoms with Crippen LogP contribution in [0.25, 0.3) is 0 Å². The van der Waals surface area contributed by atoms with E-state index in [0.717, 1.165) is 28.5 Å². The Labute approximate surface area is 211 Å². The van der Waals surface area contributed by atoms with Crippen LogP contribution in [0.2, 0.25) is 0 Å². The van der Waals surface area contributed by atoms with Gasteiger partial charge in [-0.15, -0.1) is 0 Å². The molecule has 6 rings (SSSR count). The first kappa shape index (κ1) is 21.8. The molecule has 36 heavy (non-hydrogen) atoms. The number of carbonyl (C=O) groups excluding carboxylic acids is 1. The third-order valence-electron chi connectivity index (χ3n) is 6.59. The lowest BCUT2D eigenvalue weighted by Gasteiger charge is -2.28. The summed E-state index contributed by atoms with van der Waals surface area (Å²) in [6, 6.07) is 37.8. The molecule has 0 saturated heterocycles. The highest BCUT2D eigenvalue weighted by atomic mass is 16.1. The van der Waals surface area contributed by atoms with Gasteiger partial charge in [-0.3, -0.25) is 9.79 Å². The van der Waals surface area contributed by atoms with Crippen LogP contribution in [0.15, 0.2) is 145 Å². The number of rotatable bonds is 6. The lowest BCUT2D eigenvalue weighted by atomic mass is 9.93. The SMILES string of the molecule is O=C(c1ccc(N(c2ccccc2)c2ccccc2)cc1)C1N=C2C=CC=CN2C1c1ccccc1. The van der Waals surface area contributed by atoms with Crippen molar-refractivity contribution in [2.75, 3.05) is 4.90 Å². The van der Waals surface area contributed by atoms with E-state index in [1.54, 1.807) is 0 Å². The molecule has 4 aromatic carbocycles. The number of hydrogen-bond acceptors (Lipinski definition) is 4. The smallest absolute Gasteiger partial charge is 0.189 e. The summed E-state index contributed by atoms with van der Waals surface area (Å²) in [7, 11) is 0. The van der Waals surface area contributed by atoms with Crippen LogP contribution in [-0.2, 0) is 0 Å². The standard InChI is InChI=1S/C32H25N3O/c36-32(30-31(24-12-4-1-5-13-24)34-23-11-10-18-29(34)33-30)25-19-21-28(22-20-25)35(26-14-6-2-7-15-26)27-16-8-3-9-17-27/h1-23,30-31H. The Morgan fingerprint density at radius 3 is 1.83 bits per heavy atom. The summed E-state index contributed by atoms with van der Waals surface area (Å²) >= 11 is 0. The lowest BCUT2D eigenvalue weighted by molar-refractivity contribution is 0.0940. The fraction of sp³-hybridized carbons (Fsp3) is 0.0625. The number of hydrogen-bond donors (Lipinski definition) is 0. The highest BCUT2D eigenvalue weighted by Gasteiger charge is 2.40. The number of fused-ring (bicyclic) bond motifs is 1. The Kier molecular flexibility index (Phi) is 5.76. The van der Waals surface area contributed by atoms with E-state index in [1.165, 1.54) is 0 Å². The van der Waals surface area contributed by atoms with E-state index in [-0.39, 0.29) is 11.8 Å². The minimum absolute atomic E-state index is 0.0186. The van der Waals surface area contributed by atoms with Crippen LogP contribution in [0.3, 0.4) is 0 Å². The zero-order valence-corrected chi connectivity index (χ0v) is 19.7. The van der Waals surface area contributed by atoms with E-state index in [1.807, 2.05) is 103 Å². The molecule has 0 aromatic heterocycles. The number of aliphatic imine (C=N–C) groups is 1. The first-order chi connectivity index (χ1) is 17.8. The maximum absolute atomic E-state index is 13.8. The molecule has 2 heterocycles. The molecule has 2 aliphatic rings. The van der Waals surface area contributed by atoms with E-state index in [2.05, 4.69) is 46.2 Å². The normalized spacial score (nSPS) is 18.0. The fourth-order valence-electron chi connectivity index (χ4n) is 4.90. The summed E-state index contributed by atoms with van der Waals surface area (Å²) in [4.78, 5) is 22.9. The molecule has 0 bridgehead atoms. The van der Waals surface area contributed by atoms with Crippen molar-refractivity contribution in [1.29, 1.82) is 0 Å². The largest absolute Gasteiger partial charge is 0.323 e. The molecule has 4 aromatic rings. The number of Topliss-reactive ketones (excluding diaryl/α,β-unsaturated/α-hetero) is 1. The quantitative estimate of drug-likeness (QED) is 0.280. The first-order valence-electron chi connectivity index (χ1n) is 12.1. The number of allylic oxidation sites excluding steroid dienone is 2. The van der Waals surface area contributed by atoms with E-state index in [0.29, 0.717) is 5.56 Å². The fourth-order valence-corrected chi connectivity index (χ4v) is 4.90. The zero-order valence-electron chi connectivity index (χ0n) is 19.7. The predicted octanol–water partition coefficient (Wildman–Crippen LogP) is 7.25. The van der Waals surface area contributed by atoms with Crippen molar-refractivity contribution in [3.05, 3.63) is 151 Å².